The van der Waals surface area contributed by atoms with E-state index in [1.807, 2.05) is 13.8 Å². The molecule has 0 spiro atoms. The summed E-state index contributed by atoms with van der Waals surface area (Å²) in [5.41, 5.74) is -0.509. The summed E-state index contributed by atoms with van der Waals surface area (Å²) in [6, 6.07) is 0.734. The van der Waals surface area contributed by atoms with E-state index in [1.165, 1.54) is 6.42 Å². The summed E-state index contributed by atoms with van der Waals surface area (Å²) in [4.78, 5) is 0. The third kappa shape index (κ3) is 3.73. The van der Waals surface area contributed by atoms with Crippen molar-refractivity contribution in [3.05, 3.63) is 0 Å². The SMILES string of the molecule is CC1CC1NCCC(C)(C)O. The maximum absolute atomic E-state index is 9.38. The molecule has 0 aliphatic heterocycles. The minimum atomic E-state index is -0.509. The fraction of sp³-hybridized carbons (Fsp3) is 1.00. The average Bonchev–Trinajstić information content (AvgIpc) is 2.43. The monoisotopic (exact) mass is 157 g/mol. The number of aliphatic hydroxyl groups is 1. The summed E-state index contributed by atoms with van der Waals surface area (Å²) in [5.74, 6) is 0.858. The molecule has 0 aromatic rings. The van der Waals surface area contributed by atoms with Crippen LogP contribution < -0.4 is 5.32 Å². The molecule has 66 valence electrons. The van der Waals surface area contributed by atoms with E-state index in [9.17, 15) is 5.11 Å². The molecule has 2 unspecified atom stereocenters. The average molecular weight is 157 g/mol. The maximum Gasteiger partial charge on any atom is 0.0603 e. The molecule has 0 bridgehead atoms. The highest BCUT2D eigenvalue weighted by Gasteiger charge is 2.31. The molecule has 0 radical (unpaired) electrons. The van der Waals surface area contributed by atoms with Gasteiger partial charge in [-0.25, -0.2) is 0 Å². The zero-order valence-corrected chi connectivity index (χ0v) is 7.72. The lowest BCUT2D eigenvalue weighted by molar-refractivity contribution is 0.0710. The third-order valence-electron chi connectivity index (χ3n) is 2.25. The van der Waals surface area contributed by atoms with Gasteiger partial charge in [-0.2, -0.15) is 0 Å². The van der Waals surface area contributed by atoms with Gasteiger partial charge in [0, 0.05) is 6.04 Å². The van der Waals surface area contributed by atoms with Gasteiger partial charge in [0.25, 0.3) is 0 Å². The van der Waals surface area contributed by atoms with Crippen molar-refractivity contribution in [3.8, 4) is 0 Å². The Balaban J connectivity index is 1.97. The summed E-state index contributed by atoms with van der Waals surface area (Å²) < 4.78 is 0. The van der Waals surface area contributed by atoms with Crippen LogP contribution in [-0.4, -0.2) is 23.3 Å². The van der Waals surface area contributed by atoms with Crippen molar-refractivity contribution < 1.29 is 5.11 Å². The molecule has 11 heavy (non-hydrogen) atoms. The van der Waals surface area contributed by atoms with Crippen LogP contribution in [0.5, 0.6) is 0 Å². The molecule has 0 heterocycles. The molecule has 1 rings (SSSR count). The molecule has 0 aromatic heterocycles. The Morgan fingerprint density at radius 3 is 2.45 bits per heavy atom. The van der Waals surface area contributed by atoms with E-state index in [0.29, 0.717) is 0 Å². The van der Waals surface area contributed by atoms with Crippen LogP contribution in [0.25, 0.3) is 0 Å². The Labute approximate surface area is 69.0 Å². The highest BCUT2D eigenvalue weighted by molar-refractivity contribution is 4.89. The fourth-order valence-electron chi connectivity index (χ4n) is 1.17. The number of hydrogen-bond donors (Lipinski definition) is 2. The first-order valence-corrected chi connectivity index (χ1v) is 4.45. The van der Waals surface area contributed by atoms with Crippen molar-refractivity contribution in [2.24, 2.45) is 5.92 Å². The van der Waals surface area contributed by atoms with Gasteiger partial charge in [0.2, 0.25) is 0 Å². The van der Waals surface area contributed by atoms with E-state index in [-0.39, 0.29) is 0 Å². The van der Waals surface area contributed by atoms with Crippen LogP contribution in [0.4, 0.5) is 0 Å². The zero-order chi connectivity index (χ0) is 8.48. The van der Waals surface area contributed by atoms with Crippen LogP contribution in [0.15, 0.2) is 0 Å². The van der Waals surface area contributed by atoms with Crippen molar-refractivity contribution in [2.75, 3.05) is 6.54 Å². The lowest BCUT2D eigenvalue weighted by Crippen LogP contribution is -2.28. The van der Waals surface area contributed by atoms with Gasteiger partial charge < -0.3 is 10.4 Å². The van der Waals surface area contributed by atoms with Crippen molar-refractivity contribution in [2.45, 2.75) is 45.3 Å². The van der Waals surface area contributed by atoms with Gasteiger partial charge in [0.15, 0.2) is 0 Å². The number of nitrogens with one attached hydrogen (secondary N) is 1. The van der Waals surface area contributed by atoms with Crippen molar-refractivity contribution >= 4 is 0 Å². The smallest absolute Gasteiger partial charge is 0.0603 e. The zero-order valence-electron chi connectivity index (χ0n) is 7.72. The number of rotatable bonds is 4. The molecule has 2 N–H and O–H groups in total. The molecule has 1 saturated carbocycles. The second kappa shape index (κ2) is 3.11. The first kappa shape index (κ1) is 9.01. The largest absolute Gasteiger partial charge is 0.390 e. The fourth-order valence-corrected chi connectivity index (χ4v) is 1.17. The Morgan fingerprint density at radius 1 is 1.55 bits per heavy atom. The van der Waals surface area contributed by atoms with Gasteiger partial charge in [0.1, 0.15) is 0 Å². The normalized spacial score (nSPS) is 30.5. The van der Waals surface area contributed by atoms with E-state index in [2.05, 4.69) is 12.2 Å². The van der Waals surface area contributed by atoms with Crippen LogP contribution in [0.1, 0.15) is 33.6 Å². The summed E-state index contributed by atoms with van der Waals surface area (Å²) >= 11 is 0. The van der Waals surface area contributed by atoms with Gasteiger partial charge in [-0.15, -0.1) is 0 Å². The van der Waals surface area contributed by atoms with E-state index in [0.717, 1.165) is 24.9 Å². The lowest BCUT2D eigenvalue weighted by Gasteiger charge is -2.16. The lowest BCUT2D eigenvalue weighted by atomic mass is 10.1. The van der Waals surface area contributed by atoms with Crippen LogP contribution in [0.2, 0.25) is 0 Å². The molecule has 2 heteroatoms. The molecular formula is C9H19NO. The molecule has 0 aromatic carbocycles. The highest BCUT2D eigenvalue weighted by Crippen LogP contribution is 2.28. The van der Waals surface area contributed by atoms with Crippen molar-refractivity contribution in [1.82, 2.24) is 5.32 Å². The first-order valence-electron chi connectivity index (χ1n) is 4.45. The predicted octanol–water partition coefficient (Wildman–Crippen LogP) is 1.15. The first-order chi connectivity index (χ1) is 4.99. The minimum absolute atomic E-state index is 0.509. The molecule has 0 amide bonds. The third-order valence-corrected chi connectivity index (χ3v) is 2.25. The second-order valence-electron chi connectivity index (χ2n) is 4.34. The quantitative estimate of drug-likeness (QED) is 0.641. The highest BCUT2D eigenvalue weighted by atomic mass is 16.3. The van der Waals surface area contributed by atoms with Crippen LogP contribution in [0.3, 0.4) is 0 Å². The molecule has 1 aliphatic carbocycles. The van der Waals surface area contributed by atoms with Gasteiger partial charge >= 0.3 is 0 Å². The summed E-state index contributed by atoms with van der Waals surface area (Å²) in [5, 5.41) is 12.8. The standard InChI is InChI=1S/C9H19NO/c1-7-6-8(7)10-5-4-9(2,3)11/h7-8,10-11H,4-6H2,1-3H3. The molecule has 0 saturated heterocycles. The molecule has 1 aliphatic rings. The van der Waals surface area contributed by atoms with E-state index in [1.54, 1.807) is 0 Å². The topological polar surface area (TPSA) is 32.3 Å². The molecule has 2 atom stereocenters. The minimum Gasteiger partial charge on any atom is -0.390 e. The van der Waals surface area contributed by atoms with Crippen LogP contribution >= 0.6 is 0 Å². The summed E-state index contributed by atoms with van der Waals surface area (Å²) in [6.07, 6.45) is 2.15. The summed E-state index contributed by atoms with van der Waals surface area (Å²) in [7, 11) is 0. The van der Waals surface area contributed by atoms with Gasteiger partial charge in [0.05, 0.1) is 5.60 Å². The number of hydrogen-bond acceptors (Lipinski definition) is 2. The van der Waals surface area contributed by atoms with E-state index >= 15 is 0 Å². The van der Waals surface area contributed by atoms with Crippen LogP contribution in [-0.2, 0) is 0 Å². The second-order valence-corrected chi connectivity index (χ2v) is 4.34. The van der Waals surface area contributed by atoms with Crippen LogP contribution in [0, 0.1) is 5.92 Å². The predicted molar refractivity (Wildman–Crippen MR) is 46.5 cm³/mol. The van der Waals surface area contributed by atoms with Crippen molar-refractivity contribution in [1.29, 1.82) is 0 Å². The Bertz CT molecular complexity index is 128. The Hall–Kier alpha value is -0.0800. The maximum atomic E-state index is 9.38. The van der Waals surface area contributed by atoms with E-state index < -0.39 is 5.60 Å². The molecule has 2 nitrogen and oxygen atoms in total. The Kier molecular flexibility index (Phi) is 2.55. The van der Waals surface area contributed by atoms with Crippen molar-refractivity contribution in [3.63, 3.8) is 0 Å². The molecular weight excluding hydrogens is 138 g/mol. The van der Waals surface area contributed by atoms with E-state index in [4.69, 9.17) is 0 Å². The van der Waals surface area contributed by atoms with Gasteiger partial charge in [-0.05, 0) is 39.2 Å². The molecule has 1 fully saturated rings. The Morgan fingerprint density at radius 2 is 2.09 bits per heavy atom. The van der Waals surface area contributed by atoms with Gasteiger partial charge in [-0.1, -0.05) is 6.92 Å². The summed E-state index contributed by atoms with van der Waals surface area (Å²) in [6.45, 7) is 6.90. The van der Waals surface area contributed by atoms with Gasteiger partial charge in [-0.3, -0.25) is 0 Å².